The van der Waals surface area contributed by atoms with E-state index < -0.39 is 0 Å². The topological polar surface area (TPSA) is 31.4 Å². The van der Waals surface area contributed by atoms with E-state index in [9.17, 15) is 0 Å². The summed E-state index contributed by atoms with van der Waals surface area (Å²) in [6.45, 7) is 2.24. The van der Waals surface area contributed by atoms with Crippen LogP contribution in [-0.2, 0) is 0 Å². The minimum Gasteiger partial charge on any atom is -0.497 e. The Bertz CT molecular complexity index is 848. The SMILES string of the molecule is COc1ccc2c(c1)[C@H](c1ccccc1)[C@@H](C)[C@@H](c1ccccn1)O2. The fourth-order valence-corrected chi connectivity index (χ4v) is 3.72. The van der Waals surface area contributed by atoms with Gasteiger partial charge in [-0.25, -0.2) is 0 Å². The van der Waals surface area contributed by atoms with Gasteiger partial charge in [-0.2, -0.15) is 0 Å². The number of nitrogens with zero attached hydrogens (tertiary/aromatic N) is 1. The molecule has 0 unspecified atom stereocenters. The van der Waals surface area contributed by atoms with Crippen molar-refractivity contribution >= 4 is 0 Å². The largest absolute Gasteiger partial charge is 0.497 e. The Hall–Kier alpha value is -2.81. The first-order valence-electron chi connectivity index (χ1n) is 8.58. The highest BCUT2D eigenvalue weighted by Gasteiger charge is 2.38. The average molecular weight is 331 g/mol. The van der Waals surface area contributed by atoms with E-state index in [4.69, 9.17) is 9.47 Å². The van der Waals surface area contributed by atoms with Crippen molar-refractivity contribution in [1.82, 2.24) is 4.98 Å². The van der Waals surface area contributed by atoms with Crippen LogP contribution in [0.1, 0.15) is 35.8 Å². The summed E-state index contributed by atoms with van der Waals surface area (Å²) in [6.07, 6.45) is 1.75. The number of methoxy groups -OCH3 is 1. The molecule has 25 heavy (non-hydrogen) atoms. The summed E-state index contributed by atoms with van der Waals surface area (Å²) in [5.41, 5.74) is 3.43. The fraction of sp³-hybridized carbons (Fsp3) is 0.227. The van der Waals surface area contributed by atoms with E-state index in [2.05, 4.69) is 48.3 Å². The van der Waals surface area contributed by atoms with Gasteiger partial charge in [0.25, 0.3) is 0 Å². The van der Waals surface area contributed by atoms with E-state index in [1.807, 2.05) is 36.5 Å². The van der Waals surface area contributed by atoms with E-state index in [-0.39, 0.29) is 17.9 Å². The van der Waals surface area contributed by atoms with E-state index >= 15 is 0 Å². The molecule has 0 saturated carbocycles. The lowest BCUT2D eigenvalue weighted by Gasteiger charge is -2.38. The van der Waals surface area contributed by atoms with Gasteiger partial charge < -0.3 is 9.47 Å². The Morgan fingerprint density at radius 2 is 1.76 bits per heavy atom. The minimum atomic E-state index is -0.0766. The molecule has 3 nitrogen and oxygen atoms in total. The molecule has 4 rings (SSSR count). The Kier molecular flexibility index (Phi) is 4.14. The first-order valence-corrected chi connectivity index (χ1v) is 8.58. The summed E-state index contributed by atoms with van der Waals surface area (Å²) >= 11 is 0. The number of rotatable bonds is 3. The molecule has 3 aromatic rings. The molecule has 3 atom stereocenters. The summed E-state index contributed by atoms with van der Waals surface area (Å²) in [5, 5.41) is 0. The highest BCUT2D eigenvalue weighted by Crippen LogP contribution is 2.49. The lowest BCUT2D eigenvalue weighted by atomic mass is 9.76. The van der Waals surface area contributed by atoms with Gasteiger partial charge in [-0.05, 0) is 35.9 Å². The van der Waals surface area contributed by atoms with Crippen molar-refractivity contribution in [3.63, 3.8) is 0 Å². The van der Waals surface area contributed by atoms with Crippen LogP contribution in [-0.4, -0.2) is 12.1 Å². The molecule has 3 heteroatoms. The fourth-order valence-electron chi connectivity index (χ4n) is 3.72. The molecule has 1 aromatic heterocycles. The van der Waals surface area contributed by atoms with Crippen LogP contribution in [0.3, 0.4) is 0 Å². The highest BCUT2D eigenvalue weighted by molar-refractivity contribution is 5.49. The van der Waals surface area contributed by atoms with Gasteiger partial charge in [0, 0.05) is 23.6 Å². The van der Waals surface area contributed by atoms with Crippen LogP contribution in [0, 0.1) is 5.92 Å². The van der Waals surface area contributed by atoms with E-state index in [1.165, 1.54) is 11.1 Å². The molecular formula is C22H21NO2. The molecule has 126 valence electrons. The van der Waals surface area contributed by atoms with E-state index in [0.29, 0.717) is 0 Å². The lowest BCUT2D eigenvalue weighted by molar-refractivity contribution is 0.107. The van der Waals surface area contributed by atoms with Gasteiger partial charge in [0.05, 0.1) is 12.8 Å². The second kappa shape index (κ2) is 6.60. The van der Waals surface area contributed by atoms with Crippen LogP contribution < -0.4 is 9.47 Å². The predicted octanol–water partition coefficient (Wildman–Crippen LogP) is 4.99. The van der Waals surface area contributed by atoms with Crippen molar-refractivity contribution in [3.8, 4) is 11.5 Å². The maximum Gasteiger partial charge on any atom is 0.144 e. The predicted molar refractivity (Wildman–Crippen MR) is 98.0 cm³/mol. The third-order valence-corrected chi connectivity index (χ3v) is 4.95. The van der Waals surface area contributed by atoms with Crippen molar-refractivity contribution in [2.75, 3.05) is 7.11 Å². The van der Waals surface area contributed by atoms with Crippen molar-refractivity contribution in [3.05, 3.63) is 89.7 Å². The second-order valence-corrected chi connectivity index (χ2v) is 6.44. The third kappa shape index (κ3) is 2.86. The minimum absolute atomic E-state index is 0.0766. The van der Waals surface area contributed by atoms with Crippen LogP contribution in [0.15, 0.2) is 72.9 Å². The van der Waals surface area contributed by atoms with Crippen molar-refractivity contribution in [2.45, 2.75) is 18.9 Å². The zero-order valence-corrected chi connectivity index (χ0v) is 14.4. The Morgan fingerprint density at radius 3 is 2.48 bits per heavy atom. The number of pyridine rings is 1. The van der Waals surface area contributed by atoms with Crippen molar-refractivity contribution in [2.24, 2.45) is 5.92 Å². The van der Waals surface area contributed by atoms with Crippen LogP contribution >= 0.6 is 0 Å². The van der Waals surface area contributed by atoms with Gasteiger partial charge in [0.2, 0.25) is 0 Å². The molecule has 0 bridgehead atoms. The number of fused-ring (bicyclic) bond motifs is 1. The summed E-state index contributed by atoms with van der Waals surface area (Å²) in [6, 6.07) is 22.6. The van der Waals surface area contributed by atoms with Gasteiger partial charge >= 0.3 is 0 Å². The Balaban J connectivity index is 1.85. The number of hydrogen-bond acceptors (Lipinski definition) is 3. The van der Waals surface area contributed by atoms with Gasteiger partial charge in [-0.3, -0.25) is 4.98 Å². The molecule has 0 aliphatic carbocycles. The molecule has 0 spiro atoms. The zero-order valence-electron chi connectivity index (χ0n) is 14.4. The molecular weight excluding hydrogens is 310 g/mol. The maximum atomic E-state index is 6.36. The Morgan fingerprint density at radius 1 is 0.960 bits per heavy atom. The molecule has 0 N–H and O–H groups in total. The molecule has 1 aliphatic heterocycles. The van der Waals surface area contributed by atoms with Crippen molar-refractivity contribution in [1.29, 1.82) is 0 Å². The maximum absolute atomic E-state index is 6.36. The van der Waals surface area contributed by atoms with Crippen LogP contribution in [0.4, 0.5) is 0 Å². The molecule has 1 aliphatic rings. The second-order valence-electron chi connectivity index (χ2n) is 6.44. The molecule has 0 radical (unpaired) electrons. The first kappa shape index (κ1) is 15.7. The molecule has 0 amide bonds. The average Bonchev–Trinajstić information content (AvgIpc) is 2.68. The van der Waals surface area contributed by atoms with Gasteiger partial charge in [-0.15, -0.1) is 0 Å². The smallest absolute Gasteiger partial charge is 0.144 e. The van der Waals surface area contributed by atoms with Gasteiger partial charge in [0.1, 0.15) is 17.6 Å². The molecule has 2 aromatic carbocycles. The molecule has 0 saturated heterocycles. The summed E-state index contributed by atoms with van der Waals surface area (Å²) in [7, 11) is 1.70. The molecule has 0 fully saturated rings. The van der Waals surface area contributed by atoms with E-state index in [0.717, 1.165) is 17.2 Å². The lowest BCUT2D eigenvalue weighted by Crippen LogP contribution is -2.29. The van der Waals surface area contributed by atoms with Gasteiger partial charge in [0.15, 0.2) is 0 Å². The van der Waals surface area contributed by atoms with Gasteiger partial charge in [-0.1, -0.05) is 43.3 Å². The van der Waals surface area contributed by atoms with Crippen LogP contribution in [0.25, 0.3) is 0 Å². The number of hydrogen-bond donors (Lipinski definition) is 0. The first-order chi connectivity index (χ1) is 12.3. The van der Waals surface area contributed by atoms with Crippen molar-refractivity contribution < 1.29 is 9.47 Å². The highest BCUT2D eigenvalue weighted by atomic mass is 16.5. The monoisotopic (exact) mass is 331 g/mol. The zero-order chi connectivity index (χ0) is 17.2. The molecule has 2 heterocycles. The number of benzene rings is 2. The normalized spacial score (nSPS) is 21.9. The van der Waals surface area contributed by atoms with Crippen LogP contribution in [0.5, 0.6) is 11.5 Å². The third-order valence-electron chi connectivity index (χ3n) is 4.95. The quantitative estimate of drug-likeness (QED) is 0.677. The van der Waals surface area contributed by atoms with E-state index in [1.54, 1.807) is 7.11 Å². The summed E-state index contributed by atoms with van der Waals surface area (Å²) in [4.78, 5) is 4.54. The van der Waals surface area contributed by atoms with Crippen LogP contribution in [0.2, 0.25) is 0 Å². The standard InChI is InChI=1S/C22H21NO2/c1-15-21(16-8-4-3-5-9-16)18-14-17(24-2)11-12-20(18)25-22(15)19-10-6-7-13-23-19/h3-15,21-22H,1-2H3/t15-,21+,22+/m1/s1. The Labute approximate surface area is 148 Å². The summed E-state index contributed by atoms with van der Waals surface area (Å²) in [5.74, 6) is 2.24. The number of ether oxygens (including phenoxy) is 2. The number of aromatic nitrogens is 1. The summed E-state index contributed by atoms with van der Waals surface area (Å²) < 4.78 is 11.8.